The zero-order valence-corrected chi connectivity index (χ0v) is 12.3. The molecule has 1 saturated heterocycles. The lowest BCUT2D eigenvalue weighted by atomic mass is 10.1. The lowest BCUT2D eigenvalue weighted by molar-refractivity contribution is -0.122. The molecule has 1 aliphatic rings. The Kier molecular flexibility index (Phi) is 5.53. The molecule has 1 aromatic rings. The van der Waals surface area contributed by atoms with Crippen LogP contribution in [0.4, 0.5) is 0 Å². The summed E-state index contributed by atoms with van der Waals surface area (Å²) in [6.07, 6.45) is 1.54. The third-order valence-electron chi connectivity index (χ3n) is 3.06. The smallest absolute Gasteiger partial charge is 0.222 e. The van der Waals surface area contributed by atoms with Crippen molar-refractivity contribution in [2.75, 3.05) is 18.1 Å². The quantitative estimate of drug-likeness (QED) is 0.872. The van der Waals surface area contributed by atoms with Gasteiger partial charge in [0.05, 0.1) is 6.04 Å². The minimum absolute atomic E-state index is 0.162. The minimum Gasteiger partial charge on any atom is -0.348 e. The van der Waals surface area contributed by atoms with Crippen molar-refractivity contribution in [2.45, 2.75) is 31.8 Å². The molecular weight excluding hydrogens is 264 g/mol. The number of carbonyl (C=O) groups excluding carboxylic acids is 1. The molecule has 1 amide bonds. The number of hydrogen-bond acceptors (Lipinski definition) is 4. The summed E-state index contributed by atoms with van der Waals surface area (Å²) in [5, 5.41) is 8.59. The first kappa shape index (κ1) is 13.9. The van der Waals surface area contributed by atoms with E-state index in [-0.39, 0.29) is 11.9 Å². The Morgan fingerprint density at radius 2 is 2.56 bits per heavy atom. The summed E-state index contributed by atoms with van der Waals surface area (Å²) >= 11 is 3.64. The van der Waals surface area contributed by atoms with E-state index in [1.807, 2.05) is 17.8 Å². The minimum atomic E-state index is 0.162. The average molecular weight is 284 g/mol. The van der Waals surface area contributed by atoms with Crippen molar-refractivity contribution in [3.05, 3.63) is 22.4 Å². The van der Waals surface area contributed by atoms with Crippen molar-refractivity contribution in [1.82, 2.24) is 10.6 Å². The fraction of sp³-hybridized carbons (Fsp3) is 0.615. The number of rotatable bonds is 5. The van der Waals surface area contributed by atoms with Crippen LogP contribution in [0.15, 0.2) is 17.5 Å². The van der Waals surface area contributed by atoms with Gasteiger partial charge in [0.15, 0.2) is 0 Å². The molecule has 0 saturated carbocycles. The number of thioether (sulfide) groups is 1. The van der Waals surface area contributed by atoms with Crippen LogP contribution in [0.2, 0.25) is 0 Å². The molecule has 0 aliphatic carbocycles. The van der Waals surface area contributed by atoms with Gasteiger partial charge in [-0.05, 0) is 17.9 Å². The van der Waals surface area contributed by atoms with E-state index in [0.29, 0.717) is 12.5 Å². The summed E-state index contributed by atoms with van der Waals surface area (Å²) in [6.45, 7) is 3.13. The molecule has 2 unspecified atom stereocenters. The lowest BCUT2D eigenvalue weighted by Crippen LogP contribution is -2.41. The van der Waals surface area contributed by atoms with Gasteiger partial charge in [-0.2, -0.15) is 11.8 Å². The molecule has 0 spiro atoms. The van der Waals surface area contributed by atoms with Gasteiger partial charge >= 0.3 is 0 Å². The van der Waals surface area contributed by atoms with Gasteiger partial charge in [-0.15, -0.1) is 11.3 Å². The largest absolute Gasteiger partial charge is 0.348 e. The molecule has 0 aromatic carbocycles. The Morgan fingerprint density at radius 3 is 3.17 bits per heavy atom. The van der Waals surface area contributed by atoms with Crippen molar-refractivity contribution in [1.29, 1.82) is 0 Å². The highest BCUT2D eigenvalue weighted by atomic mass is 32.2. The summed E-state index contributed by atoms with van der Waals surface area (Å²) in [7, 11) is 0. The fourth-order valence-corrected chi connectivity index (χ4v) is 3.90. The maximum atomic E-state index is 12.0. The van der Waals surface area contributed by atoms with E-state index in [1.165, 1.54) is 4.88 Å². The van der Waals surface area contributed by atoms with E-state index in [4.69, 9.17) is 0 Å². The first-order chi connectivity index (χ1) is 8.79. The molecule has 2 rings (SSSR count). The standard InChI is InChI=1S/C13H20N2OS2/c1-2-11(12-4-3-6-18-12)15-13(16)8-10-9-17-7-5-14-10/h3-4,6,10-11,14H,2,5,7-9H2,1H3,(H,15,16). The Hall–Kier alpha value is -0.520. The molecule has 2 N–H and O–H groups in total. The summed E-state index contributed by atoms with van der Waals surface area (Å²) in [5.41, 5.74) is 0. The molecule has 18 heavy (non-hydrogen) atoms. The van der Waals surface area contributed by atoms with Crippen molar-refractivity contribution < 1.29 is 4.79 Å². The highest BCUT2D eigenvalue weighted by Gasteiger charge is 2.19. The maximum absolute atomic E-state index is 12.0. The van der Waals surface area contributed by atoms with Gasteiger partial charge in [0, 0.05) is 35.4 Å². The Labute approximate surface area is 117 Å². The second-order valence-corrected chi connectivity index (χ2v) is 6.60. The second-order valence-electron chi connectivity index (χ2n) is 4.47. The molecule has 0 radical (unpaired) electrons. The summed E-state index contributed by atoms with van der Waals surface area (Å²) in [4.78, 5) is 13.3. The number of carbonyl (C=O) groups is 1. The molecule has 0 bridgehead atoms. The topological polar surface area (TPSA) is 41.1 Å². The SMILES string of the molecule is CCC(NC(=O)CC1CSCCN1)c1cccs1. The van der Waals surface area contributed by atoms with Crippen molar-refractivity contribution in [3.63, 3.8) is 0 Å². The Balaban J connectivity index is 1.82. The molecule has 2 atom stereocenters. The summed E-state index contributed by atoms with van der Waals surface area (Å²) < 4.78 is 0. The average Bonchev–Trinajstić information content (AvgIpc) is 2.91. The fourth-order valence-electron chi connectivity index (χ4n) is 2.09. The summed E-state index contributed by atoms with van der Waals surface area (Å²) in [5.74, 6) is 2.36. The highest BCUT2D eigenvalue weighted by molar-refractivity contribution is 7.99. The Bertz CT molecular complexity index is 361. The molecule has 100 valence electrons. The van der Waals surface area contributed by atoms with Crippen LogP contribution in [0, 0.1) is 0 Å². The summed E-state index contributed by atoms with van der Waals surface area (Å²) in [6, 6.07) is 4.64. The van der Waals surface area contributed by atoms with Crippen LogP contribution in [0.5, 0.6) is 0 Å². The zero-order chi connectivity index (χ0) is 12.8. The first-order valence-corrected chi connectivity index (χ1v) is 8.47. The van der Waals surface area contributed by atoms with Gasteiger partial charge in [0.1, 0.15) is 0 Å². The maximum Gasteiger partial charge on any atom is 0.222 e. The second kappa shape index (κ2) is 7.16. The van der Waals surface area contributed by atoms with E-state index in [9.17, 15) is 4.79 Å². The molecule has 1 aromatic heterocycles. The van der Waals surface area contributed by atoms with E-state index in [0.717, 1.165) is 24.5 Å². The van der Waals surface area contributed by atoms with Crippen LogP contribution in [-0.4, -0.2) is 30.0 Å². The predicted octanol–water partition coefficient (Wildman–Crippen LogP) is 2.41. The highest BCUT2D eigenvalue weighted by Crippen LogP contribution is 2.22. The van der Waals surface area contributed by atoms with E-state index in [2.05, 4.69) is 29.0 Å². The van der Waals surface area contributed by atoms with Crippen LogP contribution in [0.3, 0.4) is 0 Å². The predicted molar refractivity (Wildman–Crippen MR) is 79.2 cm³/mol. The van der Waals surface area contributed by atoms with Gasteiger partial charge in [0.2, 0.25) is 5.91 Å². The molecule has 5 heteroatoms. The van der Waals surface area contributed by atoms with E-state index in [1.54, 1.807) is 11.3 Å². The molecule has 1 aliphatic heterocycles. The number of amides is 1. The van der Waals surface area contributed by atoms with Gasteiger partial charge in [-0.25, -0.2) is 0 Å². The Morgan fingerprint density at radius 1 is 1.67 bits per heavy atom. The third-order valence-corrected chi connectivity index (χ3v) is 5.18. The van der Waals surface area contributed by atoms with Crippen LogP contribution < -0.4 is 10.6 Å². The van der Waals surface area contributed by atoms with E-state index >= 15 is 0 Å². The van der Waals surface area contributed by atoms with Crippen LogP contribution in [0.25, 0.3) is 0 Å². The molecular formula is C13H20N2OS2. The van der Waals surface area contributed by atoms with Crippen molar-refractivity contribution in [2.24, 2.45) is 0 Å². The van der Waals surface area contributed by atoms with Crippen LogP contribution >= 0.6 is 23.1 Å². The normalized spacial score (nSPS) is 21.5. The third kappa shape index (κ3) is 4.00. The number of thiophene rings is 1. The van der Waals surface area contributed by atoms with E-state index < -0.39 is 0 Å². The van der Waals surface area contributed by atoms with Crippen molar-refractivity contribution in [3.8, 4) is 0 Å². The lowest BCUT2D eigenvalue weighted by Gasteiger charge is -2.23. The van der Waals surface area contributed by atoms with Gasteiger partial charge in [-0.1, -0.05) is 13.0 Å². The molecule has 2 heterocycles. The molecule has 3 nitrogen and oxygen atoms in total. The monoisotopic (exact) mass is 284 g/mol. The van der Waals surface area contributed by atoms with Crippen LogP contribution in [0.1, 0.15) is 30.7 Å². The number of hydrogen-bond donors (Lipinski definition) is 2. The number of nitrogens with one attached hydrogen (secondary N) is 2. The van der Waals surface area contributed by atoms with Gasteiger partial charge in [-0.3, -0.25) is 4.79 Å². The van der Waals surface area contributed by atoms with Crippen molar-refractivity contribution >= 4 is 29.0 Å². The van der Waals surface area contributed by atoms with Crippen LogP contribution in [-0.2, 0) is 4.79 Å². The first-order valence-electron chi connectivity index (χ1n) is 6.43. The van der Waals surface area contributed by atoms with Gasteiger partial charge in [0.25, 0.3) is 0 Å². The molecule has 1 fully saturated rings. The zero-order valence-electron chi connectivity index (χ0n) is 10.6. The van der Waals surface area contributed by atoms with Gasteiger partial charge < -0.3 is 10.6 Å².